The highest BCUT2D eigenvalue weighted by Crippen LogP contribution is 2.21. The predicted molar refractivity (Wildman–Crippen MR) is 135 cm³/mol. The highest BCUT2D eigenvalue weighted by atomic mass is 16.6. The molecule has 2 N–H and O–H groups in total. The normalized spacial score (nSPS) is 12.9. The minimum absolute atomic E-state index is 0.233. The fourth-order valence-corrected chi connectivity index (χ4v) is 3.58. The number of para-hydroxylation sites is 1. The number of aryl methyl sites for hydroxylation is 4. The molecule has 1 aliphatic heterocycles. The Morgan fingerprint density at radius 2 is 1.56 bits per heavy atom. The van der Waals surface area contributed by atoms with Crippen LogP contribution in [0.25, 0.3) is 0 Å². The van der Waals surface area contributed by atoms with Gasteiger partial charge in [-0.25, -0.2) is 14.8 Å². The summed E-state index contributed by atoms with van der Waals surface area (Å²) in [7, 11) is 1.46. The maximum atomic E-state index is 11.8. The molecule has 1 amide bonds. The summed E-state index contributed by atoms with van der Waals surface area (Å²) in [5.41, 5.74) is 5.55. The number of rotatable bonds is 4. The molecule has 34 heavy (non-hydrogen) atoms. The van der Waals surface area contributed by atoms with Gasteiger partial charge in [0.05, 0.1) is 18.5 Å². The summed E-state index contributed by atoms with van der Waals surface area (Å²) in [4.78, 5) is 22.7. The lowest BCUT2D eigenvalue weighted by molar-refractivity contribution is 0.215. The van der Waals surface area contributed by atoms with Crippen LogP contribution < -0.4 is 25.0 Å². The molecule has 1 aliphatic rings. The molecule has 3 aromatic rings. The van der Waals surface area contributed by atoms with Crippen LogP contribution in [-0.2, 0) is 0 Å². The molecule has 8 heteroatoms. The van der Waals surface area contributed by atoms with Gasteiger partial charge in [0.1, 0.15) is 5.75 Å². The quantitative estimate of drug-likeness (QED) is 0.592. The van der Waals surface area contributed by atoms with Crippen molar-refractivity contribution in [1.82, 2.24) is 15.3 Å². The second-order valence-corrected chi connectivity index (χ2v) is 8.16. The monoisotopic (exact) mass is 463 g/mol. The number of aromatic nitrogens is 2. The standard InChI is InChI=1S/C14H15N3O3.C12H18N2/c1-9-10(2)16-13(19-3)12(15-9)17-14(18)20-11-7-5-4-6-8-11;1-10-7-11(2)9-12(8-10)14-5-3-13-4-6-14/h4-8H,1-3H3,(H,15,17,18);7-9,13H,3-6H2,1-2H3. The molecule has 0 unspecified atom stereocenters. The van der Waals surface area contributed by atoms with Gasteiger partial charge >= 0.3 is 6.09 Å². The van der Waals surface area contributed by atoms with Crippen molar-refractivity contribution in [3.63, 3.8) is 0 Å². The summed E-state index contributed by atoms with van der Waals surface area (Å²) in [5.74, 6) is 0.926. The molecule has 0 saturated carbocycles. The summed E-state index contributed by atoms with van der Waals surface area (Å²) in [5, 5.41) is 5.89. The lowest BCUT2D eigenvalue weighted by Crippen LogP contribution is -2.43. The Hall–Kier alpha value is -3.65. The maximum absolute atomic E-state index is 11.8. The summed E-state index contributed by atoms with van der Waals surface area (Å²) in [6.07, 6.45) is -0.646. The van der Waals surface area contributed by atoms with Gasteiger partial charge in [0.2, 0.25) is 0 Å². The van der Waals surface area contributed by atoms with Crippen molar-refractivity contribution in [1.29, 1.82) is 0 Å². The number of anilines is 2. The predicted octanol–water partition coefficient (Wildman–Crippen LogP) is 4.43. The van der Waals surface area contributed by atoms with E-state index >= 15 is 0 Å². The van der Waals surface area contributed by atoms with Gasteiger partial charge in [-0.15, -0.1) is 0 Å². The molecule has 8 nitrogen and oxygen atoms in total. The fraction of sp³-hybridized carbons (Fsp3) is 0.346. The highest BCUT2D eigenvalue weighted by molar-refractivity contribution is 5.86. The Balaban J connectivity index is 0.000000202. The van der Waals surface area contributed by atoms with E-state index in [4.69, 9.17) is 9.47 Å². The molecular formula is C26H33N5O3. The first-order chi connectivity index (χ1) is 16.4. The summed E-state index contributed by atoms with van der Waals surface area (Å²) in [6.45, 7) is 12.4. The highest BCUT2D eigenvalue weighted by Gasteiger charge is 2.14. The number of piperazine rings is 1. The summed E-state index contributed by atoms with van der Waals surface area (Å²) in [6, 6.07) is 15.5. The average molecular weight is 464 g/mol. The Bertz CT molecular complexity index is 1080. The van der Waals surface area contributed by atoms with Gasteiger partial charge in [-0.3, -0.25) is 5.32 Å². The maximum Gasteiger partial charge on any atom is 0.418 e. The van der Waals surface area contributed by atoms with E-state index in [2.05, 4.69) is 57.5 Å². The third-order valence-corrected chi connectivity index (χ3v) is 5.33. The second-order valence-electron chi connectivity index (χ2n) is 8.16. The van der Waals surface area contributed by atoms with E-state index in [0.29, 0.717) is 11.4 Å². The molecule has 2 aromatic carbocycles. The second kappa shape index (κ2) is 12.0. The number of hydrogen-bond acceptors (Lipinski definition) is 7. The Kier molecular flexibility index (Phi) is 8.81. The SMILES string of the molecule is COc1nc(C)c(C)nc1NC(=O)Oc1ccccc1.Cc1cc(C)cc(N2CCNCC2)c1. The van der Waals surface area contributed by atoms with Gasteiger partial charge < -0.3 is 19.7 Å². The van der Waals surface area contributed by atoms with E-state index < -0.39 is 6.09 Å². The molecule has 0 spiro atoms. The van der Waals surface area contributed by atoms with Crippen molar-refractivity contribution >= 4 is 17.6 Å². The molecule has 0 atom stereocenters. The zero-order valence-corrected chi connectivity index (χ0v) is 20.5. The fourth-order valence-electron chi connectivity index (χ4n) is 3.58. The smallest absolute Gasteiger partial charge is 0.418 e. The van der Waals surface area contributed by atoms with Crippen molar-refractivity contribution in [3.8, 4) is 11.6 Å². The number of nitrogens with one attached hydrogen (secondary N) is 2. The zero-order chi connectivity index (χ0) is 24.5. The van der Waals surface area contributed by atoms with E-state index in [-0.39, 0.29) is 11.7 Å². The van der Waals surface area contributed by atoms with Crippen molar-refractivity contribution in [3.05, 3.63) is 71.0 Å². The van der Waals surface area contributed by atoms with Gasteiger partial charge in [0.25, 0.3) is 5.88 Å². The van der Waals surface area contributed by atoms with Crippen LogP contribution in [0.15, 0.2) is 48.5 Å². The molecule has 1 fully saturated rings. The minimum Gasteiger partial charge on any atom is -0.478 e. The zero-order valence-electron chi connectivity index (χ0n) is 20.5. The van der Waals surface area contributed by atoms with Crippen molar-refractivity contribution < 1.29 is 14.3 Å². The van der Waals surface area contributed by atoms with Crippen molar-refractivity contribution in [2.45, 2.75) is 27.7 Å². The van der Waals surface area contributed by atoms with E-state index in [9.17, 15) is 4.79 Å². The number of hydrogen-bond donors (Lipinski definition) is 2. The van der Waals surface area contributed by atoms with Crippen LogP contribution in [0.1, 0.15) is 22.5 Å². The molecule has 0 radical (unpaired) electrons. The van der Waals surface area contributed by atoms with Gasteiger partial charge in [-0.1, -0.05) is 24.3 Å². The van der Waals surface area contributed by atoms with Gasteiger partial charge in [-0.2, -0.15) is 0 Å². The van der Waals surface area contributed by atoms with Crippen LogP contribution in [0, 0.1) is 27.7 Å². The third-order valence-electron chi connectivity index (χ3n) is 5.33. The van der Waals surface area contributed by atoms with Crippen LogP contribution in [0.2, 0.25) is 0 Å². The van der Waals surface area contributed by atoms with Crippen LogP contribution in [0.5, 0.6) is 11.6 Å². The summed E-state index contributed by atoms with van der Waals surface area (Å²) < 4.78 is 10.2. The first-order valence-electron chi connectivity index (χ1n) is 11.3. The number of methoxy groups -OCH3 is 1. The van der Waals surface area contributed by atoms with Crippen LogP contribution >= 0.6 is 0 Å². The lowest BCUT2D eigenvalue weighted by Gasteiger charge is -2.30. The van der Waals surface area contributed by atoms with E-state index in [1.807, 2.05) is 13.0 Å². The first-order valence-corrected chi connectivity index (χ1v) is 11.3. The topological polar surface area (TPSA) is 88.6 Å². The number of nitrogens with zero attached hydrogens (tertiary/aromatic N) is 3. The molecule has 2 heterocycles. The van der Waals surface area contributed by atoms with Crippen LogP contribution in [0.3, 0.4) is 0 Å². The van der Waals surface area contributed by atoms with Gasteiger partial charge in [-0.05, 0) is 63.1 Å². The Morgan fingerprint density at radius 1 is 0.941 bits per heavy atom. The number of carbonyl (C=O) groups is 1. The average Bonchev–Trinajstić information content (AvgIpc) is 2.82. The number of ether oxygens (including phenoxy) is 2. The number of amides is 1. The molecular weight excluding hydrogens is 430 g/mol. The molecule has 1 aromatic heterocycles. The molecule has 1 saturated heterocycles. The summed E-state index contributed by atoms with van der Waals surface area (Å²) >= 11 is 0. The number of benzene rings is 2. The molecule has 180 valence electrons. The van der Waals surface area contributed by atoms with E-state index in [1.165, 1.54) is 23.9 Å². The van der Waals surface area contributed by atoms with Gasteiger partial charge in [0.15, 0.2) is 5.82 Å². The van der Waals surface area contributed by atoms with Crippen molar-refractivity contribution in [2.75, 3.05) is 43.5 Å². The molecule has 4 rings (SSSR count). The third kappa shape index (κ3) is 7.18. The Morgan fingerprint density at radius 3 is 2.18 bits per heavy atom. The van der Waals surface area contributed by atoms with Crippen molar-refractivity contribution in [2.24, 2.45) is 0 Å². The minimum atomic E-state index is -0.646. The molecule has 0 bridgehead atoms. The lowest BCUT2D eigenvalue weighted by atomic mass is 10.1. The number of carbonyl (C=O) groups excluding carboxylic acids is 1. The van der Waals surface area contributed by atoms with E-state index in [0.717, 1.165) is 31.9 Å². The van der Waals surface area contributed by atoms with Crippen LogP contribution in [0.4, 0.5) is 16.3 Å². The first kappa shape index (κ1) is 25.0. The Labute approximate surface area is 201 Å². The van der Waals surface area contributed by atoms with Crippen LogP contribution in [-0.4, -0.2) is 49.4 Å². The molecule has 0 aliphatic carbocycles. The van der Waals surface area contributed by atoms with E-state index in [1.54, 1.807) is 31.2 Å². The van der Waals surface area contributed by atoms with Gasteiger partial charge in [0, 0.05) is 31.9 Å². The largest absolute Gasteiger partial charge is 0.478 e.